The van der Waals surface area contributed by atoms with Gasteiger partial charge in [-0.25, -0.2) is 4.79 Å². The van der Waals surface area contributed by atoms with Gasteiger partial charge in [0.25, 0.3) is 0 Å². The minimum absolute atomic E-state index is 0.0160. The molecule has 3 heteroatoms. The lowest BCUT2D eigenvalue weighted by Gasteiger charge is -2.38. The normalized spacial score (nSPS) is 24.9. The number of carboxylic acid groups (broad SMARTS) is 1. The molecule has 0 aromatic heterocycles. The highest BCUT2D eigenvalue weighted by molar-refractivity contribution is 5.99. The van der Waals surface area contributed by atoms with E-state index in [0.717, 1.165) is 5.57 Å². The fraction of sp³-hybridized carbons (Fsp3) is 0.647. The Morgan fingerprint density at radius 3 is 2.20 bits per heavy atom. The Hall–Kier alpha value is -1.38. The predicted molar refractivity (Wildman–Crippen MR) is 80.4 cm³/mol. The number of ketones is 1. The van der Waals surface area contributed by atoms with Gasteiger partial charge in [-0.05, 0) is 28.7 Å². The zero-order chi connectivity index (χ0) is 15.7. The molecule has 3 nitrogen and oxygen atoms in total. The number of hydrogen-bond donors (Lipinski definition) is 1. The molecule has 0 aromatic rings. The largest absolute Gasteiger partial charge is 0.478 e. The Labute approximate surface area is 121 Å². The number of aliphatic carboxylic acids is 1. The topological polar surface area (TPSA) is 54.4 Å². The molecule has 1 aliphatic carbocycles. The maximum absolute atomic E-state index is 12.7. The van der Waals surface area contributed by atoms with Gasteiger partial charge in [0, 0.05) is 12.0 Å². The van der Waals surface area contributed by atoms with Crippen LogP contribution in [0.3, 0.4) is 0 Å². The van der Waals surface area contributed by atoms with Crippen LogP contribution >= 0.6 is 0 Å². The van der Waals surface area contributed by atoms with Crippen LogP contribution in [0.5, 0.6) is 0 Å². The van der Waals surface area contributed by atoms with E-state index >= 15 is 0 Å². The Bertz CT molecular complexity index is 456. The molecule has 0 saturated heterocycles. The lowest BCUT2D eigenvalue weighted by molar-refractivity contribution is -0.131. The molecule has 0 radical (unpaired) electrons. The summed E-state index contributed by atoms with van der Waals surface area (Å²) in [4.78, 5) is 23.4. The van der Waals surface area contributed by atoms with E-state index in [2.05, 4.69) is 20.8 Å². The van der Waals surface area contributed by atoms with Gasteiger partial charge in [-0.3, -0.25) is 4.79 Å². The van der Waals surface area contributed by atoms with E-state index in [-0.39, 0.29) is 28.4 Å². The summed E-state index contributed by atoms with van der Waals surface area (Å²) in [5.74, 6) is -0.780. The first-order valence-corrected chi connectivity index (χ1v) is 7.10. The average Bonchev–Trinajstić information content (AvgIpc) is 2.24. The summed E-state index contributed by atoms with van der Waals surface area (Å²) in [6, 6.07) is 0. The van der Waals surface area contributed by atoms with Crippen molar-refractivity contribution in [2.45, 2.75) is 48.0 Å². The second kappa shape index (κ2) is 5.55. The van der Waals surface area contributed by atoms with E-state index in [0.29, 0.717) is 6.42 Å². The highest BCUT2D eigenvalue weighted by atomic mass is 16.4. The van der Waals surface area contributed by atoms with E-state index < -0.39 is 5.97 Å². The van der Waals surface area contributed by atoms with Crippen molar-refractivity contribution in [3.05, 3.63) is 23.8 Å². The molecule has 0 aromatic carbocycles. The van der Waals surface area contributed by atoms with Crippen molar-refractivity contribution in [3.8, 4) is 0 Å². The van der Waals surface area contributed by atoms with Crippen LogP contribution in [0, 0.1) is 22.7 Å². The van der Waals surface area contributed by atoms with Crippen LogP contribution in [0.1, 0.15) is 48.0 Å². The van der Waals surface area contributed by atoms with Gasteiger partial charge < -0.3 is 5.11 Å². The lowest BCUT2D eigenvalue weighted by atomic mass is 9.65. The first-order chi connectivity index (χ1) is 8.93. The molecule has 20 heavy (non-hydrogen) atoms. The molecule has 0 spiro atoms. The fourth-order valence-electron chi connectivity index (χ4n) is 2.64. The Balaban J connectivity index is 3.20. The van der Waals surface area contributed by atoms with E-state index in [9.17, 15) is 9.59 Å². The van der Waals surface area contributed by atoms with Crippen molar-refractivity contribution in [1.82, 2.24) is 0 Å². The minimum Gasteiger partial charge on any atom is -0.478 e. The van der Waals surface area contributed by atoms with Gasteiger partial charge in [0.2, 0.25) is 0 Å². The zero-order valence-electron chi connectivity index (χ0n) is 13.4. The molecule has 112 valence electrons. The monoisotopic (exact) mass is 278 g/mol. The molecule has 0 fully saturated rings. The number of carbonyl (C=O) groups is 2. The average molecular weight is 278 g/mol. The Morgan fingerprint density at radius 1 is 1.25 bits per heavy atom. The van der Waals surface area contributed by atoms with E-state index in [1.807, 2.05) is 26.8 Å². The summed E-state index contributed by atoms with van der Waals surface area (Å²) in [5, 5.41) is 8.77. The first kappa shape index (κ1) is 16.7. The van der Waals surface area contributed by atoms with Crippen molar-refractivity contribution >= 4 is 11.8 Å². The number of hydrogen-bond acceptors (Lipinski definition) is 2. The maximum atomic E-state index is 12.7. The molecule has 2 unspecified atom stereocenters. The number of allylic oxidation sites excluding steroid dienone is 3. The van der Waals surface area contributed by atoms with Gasteiger partial charge in [0.05, 0.1) is 0 Å². The molecule has 1 N–H and O–H groups in total. The Kier molecular flexibility index (Phi) is 4.62. The van der Waals surface area contributed by atoms with Crippen LogP contribution in [0.15, 0.2) is 23.8 Å². The molecule has 0 heterocycles. The van der Waals surface area contributed by atoms with Crippen LogP contribution in [-0.2, 0) is 9.59 Å². The van der Waals surface area contributed by atoms with Crippen LogP contribution in [0.4, 0.5) is 0 Å². The summed E-state index contributed by atoms with van der Waals surface area (Å²) in [5.41, 5.74) is 0.497. The summed E-state index contributed by atoms with van der Waals surface area (Å²) in [7, 11) is 0. The zero-order valence-corrected chi connectivity index (χ0v) is 13.4. The Morgan fingerprint density at radius 2 is 1.80 bits per heavy atom. The van der Waals surface area contributed by atoms with Crippen molar-refractivity contribution in [2.75, 3.05) is 0 Å². The van der Waals surface area contributed by atoms with E-state index in [4.69, 9.17) is 5.11 Å². The smallest absolute Gasteiger partial charge is 0.327 e. The highest BCUT2D eigenvalue weighted by Gasteiger charge is 2.40. The summed E-state index contributed by atoms with van der Waals surface area (Å²) in [6.07, 6.45) is 5.51. The molecule has 1 rings (SSSR count). The fourth-order valence-corrected chi connectivity index (χ4v) is 2.64. The highest BCUT2D eigenvalue weighted by Crippen LogP contribution is 2.42. The number of Topliss-reactive ketones (excluding diaryl/α,β-unsaturated/α-hetero) is 1. The third-order valence-electron chi connectivity index (χ3n) is 3.81. The third-order valence-corrected chi connectivity index (χ3v) is 3.81. The summed E-state index contributed by atoms with van der Waals surface area (Å²) in [6.45, 7) is 12.3. The number of rotatable bonds is 2. The van der Waals surface area contributed by atoms with Crippen molar-refractivity contribution < 1.29 is 14.7 Å². The molecule has 0 amide bonds. The molecular formula is C17H26O3. The predicted octanol–water partition coefficient (Wildman–Crippen LogP) is 3.85. The van der Waals surface area contributed by atoms with Crippen LogP contribution in [0.25, 0.3) is 0 Å². The molecule has 0 saturated carbocycles. The van der Waals surface area contributed by atoms with Gasteiger partial charge in [0.15, 0.2) is 5.78 Å². The summed E-state index contributed by atoms with van der Waals surface area (Å²) >= 11 is 0. The van der Waals surface area contributed by atoms with Crippen molar-refractivity contribution in [2.24, 2.45) is 22.7 Å². The maximum Gasteiger partial charge on any atom is 0.327 e. The van der Waals surface area contributed by atoms with Gasteiger partial charge in [-0.1, -0.05) is 53.7 Å². The van der Waals surface area contributed by atoms with Crippen molar-refractivity contribution in [1.29, 1.82) is 0 Å². The molecule has 2 atom stereocenters. The minimum atomic E-state index is -0.945. The first-order valence-electron chi connectivity index (χ1n) is 7.10. The number of carboxylic acids is 1. The van der Waals surface area contributed by atoms with Gasteiger partial charge in [-0.15, -0.1) is 0 Å². The van der Waals surface area contributed by atoms with E-state index in [1.165, 1.54) is 6.08 Å². The van der Waals surface area contributed by atoms with Gasteiger partial charge >= 0.3 is 5.97 Å². The van der Waals surface area contributed by atoms with Gasteiger partial charge in [-0.2, -0.15) is 0 Å². The molecule has 1 aliphatic rings. The molecular weight excluding hydrogens is 252 g/mol. The third kappa shape index (κ3) is 4.06. The van der Waals surface area contributed by atoms with Crippen LogP contribution in [-0.4, -0.2) is 16.9 Å². The quantitative estimate of drug-likeness (QED) is 0.780. The lowest BCUT2D eigenvalue weighted by Crippen LogP contribution is -2.37. The molecule has 0 aliphatic heterocycles. The van der Waals surface area contributed by atoms with Crippen LogP contribution < -0.4 is 0 Å². The van der Waals surface area contributed by atoms with E-state index in [1.54, 1.807) is 6.08 Å². The molecule has 0 bridgehead atoms. The van der Waals surface area contributed by atoms with Gasteiger partial charge in [0.1, 0.15) is 0 Å². The van der Waals surface area contributed by atoms with Crippen LogP contribution in [0.2, 0.25) is 0 Å². The summed E-state index contributed by atoms with van der Waals surface area (Å²) < 4.78 is 0. The SMILES string of the molecule is CC(C)(C)C1=CC(C=CC(=O)O)CC(C(C)(C)C)C1=O. The standard InChI is InChI=1S/C17H26O3/c1-16(2,3)12-9-11(7-8-14(18)19)10-13(15(12)20)17(4,5)6/h7-9,11,13H,10H2,1-6H3,(H,18,19). The second-order valence-electron chi connectivity index (χ2n) is 7.71. The second-order valence-corrected chi connectivity index (χ2v) is 7.71. The van der Waals surface area contributed by atoms with Crippen molar-refractivity contribution in [3.63, 3.8) is 0 Å². The number of carbonyl (C=O) groups excluding carboxylic acids is 1.